The molecule has 126 valence electrons. The number of ether oxygens (including phenoxy) is 1. The second kappa shape index (κ2) is 10.0. The fourth-order valence-corrected chi connectivity index (χ4v) is 2.56. The Labute approximate surface area is 150 Å². The zero-order valence-corrected chi connectivity index (χ0v) is 16.1. The van der Waals surface area contributed by atoms with Gasteiger partial charge in [-0.05, 0) is 25.3 Å². The fourth-order valence-electron chi connectivity index (χ4n) is 2.56. The van der Waals surface area contributed by atoms with Gasteiger partial charge in [-0.1, -0.05) is 0 Å². The lowest BCUT2D eigenvalue weighted by molar-refractivity contribution is 0.181. The van der Waals surface area contributed by atoms with Crippen LogP contribution >= 0.6 is 24.0 Å². The van der Waals surface area contributed by atoms with Crippen LogP contribution in [0.4, 0.5) is 0 Å². The first-order valence-electron chi connectivity index (χ1n) is 7.73. The number of hydrogen-bond donors (Lipinski definition) is 1. The summed E-state index contributed by atoms with van der Waals surface area (Å²) in [5.41, 5.74) is 1.23. The molecule has 2 rings (SSSR count). The third-order valence-corrected chi connectivity index (χ3v) is 3.67. The summed E-state index contributed by atoms with van der Waals surface area (Å²) in [5, 5.41) is 7.54. The molecule has 1 fully saturated rings. The third kappa shape index (κ3) is 6.12. The zero-order valence-electron chi connectivity index (χ0n) is 13.8. The first kappa shape index (κ1) is 19.2. The first-order chi connectivity index (χ1) is 10.2. The lowest BCUT2D eigenvalue weighted by atomic mass is 10.1. The predicted molar refractivity (Wildman–Crippen MR) is 99.9 cm³/mol. The minimum absolute atomic E-state index is 0. The van der Waals surface area contributed by atoms with E-state index in [0.29, 0.717) is 5.92 Å². The molecular formula is C15H28IN5O. The molecule has 1 atom stereocenters. The van der Waals surface area contributed by atoms with Crippen LogP contribution in [-0.4, -0.2) is 60.5 Å². The number of halogens is 1. The van der Waals surface area contributed by atoms with Crippen LogP contribution in [0.5, 0.6) is 0 Å². The van der Waals surface area contributed by atoms with Gasteiger partial charge in [0.15, 0.2) is 5.96 Å². The Kier molecular flexibility index (Phi) is 8.77. The monoisotopic (exact) mass is 421 g/mol. The minimum Gasteiger partial charge on any atom is -0.381 e. The van der Waals surface area contributed by atoms with E-state index in [9.17, 15) is 0 Å². The van der Waals surface area contributed by atoms with Crippen LogP contribution in [0.15, 0.2) is 17.4 Å². The van der Waals surface area contributed by atoms with Crippen molar-refractivity contribution < 1.29 is 4.74 Å². The third-order valence-electron chi connectivity index (χ3n) is 3.67. The highest BCUT2D eigenvalue weighted by molar-refractivity contribution is 14.0. The molecule has 1 unspecified atom stereocenters. The standard InChI is InChI=1S/C15H27N5O.HI/c1-4-16-15(19(2)10-14-6-8-21-12-14)17-7-5-13-9-18-20(3)11-13;/h9,11,14H,4-8,10,12H2,1-3H3,(H,16,17);1H. The maximum Gasteiger partial charge on any atom is 0.193 e. The average molecular weight is 421 g/mol. The van der Waals surface area contributed by atoms with Crippen LogP contribution in [0, 0.1) is 5.92 Å². The van der Waals surface area contributed by atoms with Crippen molar-refractivity contribution in [2.24, 2.45) is 18.0 Å². The van der Waals surface area contributed by atoms with Gasteiger partial charge in [0.2, 0.25) is 0 Å². The smallest absolute Gasteiger partial charge is 0.193 e. The van der Waals surface area contributed by atoms with Gasteiger partial charge in [0.1, 0.15) is 0 Å². The highest BCUT2D eigenvalue weighted by Crippen LogP contribution is 2.13. The van der Waals surface area contributed by atoms with Crippen molar-refractivity contribution in [1.82, 2.24) is 20.0 Å². The summed E-state index contributed by atoms with van der Waals surface area (Å²) in [6.45, 7) is 6.53. The van der Waals surface area contributed by atoms with Gasteiger partial charge in [0.25, 0.3) is 0 Å². The van der Waals surface area contributed by atoms with E-state index in [0.717, 1.165) is 51.6 Å². The van der Waals surface area contributed by atoms with Crippen LogP contribution in [0.25, 0.3) is 0 Å². The fraction of sp³-hybridized carbons (Fsp3) is 0.733. The Hall–Kier alpha value is -0.830. The second-order valence-corrected chi connectivity index (χ2v) is 5.62. The normalized spacial score (nSPS) is 18.1. The quantitative estimate of drug-likeness (QED) is 0.430. The Morgan fingerprint density at radius 1 is 1.59 bits per heavy atom. The predicted octanol–water partition coefficient (Wildman–Crippen LogP) is 1.51. The number of aliphatic imine (C=N–C) groups is 1. The van der Waals surface area contributed by atoms with Crippen molar-refractivity contribution in [3.63, 3.8) is 0 Å². The summed E-state index contributed by atoms with van der Waals surface area (Å²) < 4.78 is 7.27. The first-order valence-corrected chi connectivity index (χ1v) is 7.73. The van der Waals surface area contributed by atoms with Crippen molar-refractivity contribution in [3.05, 3.63) is 18.0 Å². The van der Waals surface area contributed by atoms with Gasteiger partial charge in [0.05, 0.1) is 12.8 Å². The van der Waals surface area contributed by atoms with Crippen molar-refractivity contribution in [2.75, 3.05) is 39.9 Å². The number of aryl methyl sites for hydroxylation is 1. The van der Waals surface area contributed by atoms with Crippen LogP contribution < -0.4 is 5.32 Å². The molecule has 0 saturated carbocycles. The van der Waals surface area contributed by atoms with Crippen LogP contribution in [0.1, 0.15) is 18.9 Å². The van der Waals surface area contributed by atoms with Gasteiger partial charge < -0.3 is 15.0 Å². The summed E-state index contributed by atoms with van der Waals surface area (Å²) in [4.78, 5) is 6.93. The molecule has 0 aromatic carbocycles. The van der Waals surface area contributed by atoms with Gasteiger partial charge in [-0.3, -0.25) is 9.67 Å². The van der Waals surface area contributed by atoms with Crippen LogP contribution in [-0.2, 0) is 18.2 Å². The summed E-state index contributed by atoms with van der Waals surface area (Å²) in [6, 6.07) is 0. The molecule has 1 saturated heterocycles. The van der Waals surface area contributed by atoms with Crippen molar-refractivity contribution in [2.45, 2.75) is 19.8 Å². The minimum atomic E-state index is 0. The van der Waals surface area contributed by atoms with E-state index in [2.05, 4.69) is 29.3 Å². The molecule has 6 nitrogen and oxygen atoms in total. The van der Waals surface area contributed by atoms with Crippen LogP contribution in [0.3, 0.4) is 0 Å². The molecule has 1 aliphatic heterocycles. The second-order valence-electron chi connectivity index (χ2n) is 5.62. The van der Waals surface area contributed by atoms with Gasteiger partial charge in [0, 0.05) is 52.5 Å². The van der Waals surface area contributed by atoms with E-state index in [1.165, 1.54) is 5.56 Å². The van der Waals surface area contributed by atoms with Gasteiger partial charge >= 0.3 is 0 Å². The molecule has 2 heterocycles. The molecule has 1 aromatic rings. The van der Waals surface area contributed by atoms with Crippen molar-refractivity contribution >= 4 is 29.9 Å². The maximum atomic E-state index is 5.44. The molecular weight excluding hydrogens is 393 g/mol. The molecule has 1 aromatic heterocycles. The summed E-state index contributed by atoms with van der Waals surface area (Å²) >= 11 is 0. The number of guanidine groups is 1. The number of rotatable bonds is 6. The molecule has 1 aliphatic rings. The van der Waals surface area contributed by atoms with E-state index < -0.39 is 0 Å². The van der Waals surface area contributed by atoms with Gasteiger partial charge in [-0.15, -0.1) is 24.0 Å². The van der Waals surface area contributed by atoms with E-state index in [4.69, 9.17) is 9.73 Å². The Balaban J connectivity index is 0.00000242. The van der Waals surface area contributed by atoms with E-state index in [1.807, 2.05) is 24.1 Å². The Morgan fingerprint density at radius 2 is 2.41 bits per heavy atom. The SMILES string of the molecule is CCNC(=NCCc1cnn(C)c1)N(C)CC1CCOC1.I. The number of nitrogens with one attached hydrogen (secondary N) is 1. The summed E-state index contributed by atoms with van der Waals surface area (Å²) in [6.07, 6.45) is 6.02. The van der Waals surface area contributed by atoms with Gasteiger partial charge in [-0.2, -0.15) is 5.10 Å². The summed E-state index contributed by atoms with van der Waals surface area (Å²) in [5.74, 6) is 1.60. The largest absolute Gasteiger partial charge is 0.381 e. The highest BCUT2D eigenvalue weighted by Gasteiger charge is 2.18. The zero-order chi connectivity index (χ0) is 15.1. The van der Waals surface area contributed by atoms with Crippen LogP contribution in [0.2, 0.25) is 0 Å². The molecule has 0 amide bonds. The number of nitrogens with zero attached hydrogens (tertiary/aromatic N) is 4. The molecule has 0 aliphatic carbocycles. The maximum absolute atomic E-state index is 5.44. The molecule has 0 spiro atoms. The van der Waals surface area contributed by atoms with E-state index in [-0.39, 0.29) is 24.0 Å². The lowest BCUT2D eigenvalue weighted by Crippen LogP contribution is -2.41. The van der Waals surface area contributed by atoms with Crippen molar-refractivity contribution in [3.8, 4) is 0 Å². The van der Waals surface area contributed by atoms with Gasteiger partial charge in [-0.25, -0.2) is 0 Å². The topological polar surface area (TPSA) is 54.7 Å². The molecule has 0 radical (unpaired) electrons. The highest BCUT2D eigenvalue weighted by atomic mass is 127. The average Bonchev–Trinajstić information content (AvgIpc) is 3.09. The lowest BCUT2D eigenvalue weighted by Gasteiger charge is -2.24. The van der Waals surface area contributed by atoms with E-state index in [1.54, 1.807) is 0 Å². The number of hydrogen-bond acceptors (Lipinski definition) is 3. The molecule has 22 heavy (non-hydrogen) atoms. The molecule has 0 bridgehead atoms. The molecule has 7 heteroatoms. The number of aromatic nitrogens is 2. The molecule has 1 N–H and O–H groups in total. The van der Waals surface area contributed by atoms with E-state index >= 15 is 0 Å². The van der Waals surface area contributed by atoms with Crippen molar-refractivity contribution in [1.29, 1.82) is 0 Å². The Bertz CT molecular complexity index is 457. The summed E-state index contributed by atoms with van der Waals surface area (Å²) in [7, 11) is 4.04. The Morgan fingerprint density at radius 3 is 3.00 bits per heavy atom.